The number of fused-ring (bicyclic) bond motifs is 1. The third-order valence-electron chi connectivity index (χ3n) is 2.81. The third-order valence-corrected chi connectivity index (χ3v) is 4.32. The quantitative estimate of drug-likeness (QED) is 0.677. The molecule has 1 aromatic carbocycles. The number of thioether (sulfide) groups is 1. The van der Waals surface area contributed by atoms with Gasteiger partial charge in [-0.15, -0.1) is 11.8 Å². The molecule has 3 aromatic rings. The topological polar surface area (TPSA) is 34.4 Å². The number of benzene rings is 1. The first-order chi connectivity index (χ1) is 9.72. The summed E-state index contributed by atoms with van der Waals surface area (Å²) in [6, 6.07) is 15.4. The highest BCUT2D eigenvalue weighted by Gasteiger charge is 2.03. The first-order valence-electron chi connectivity index (χ1n) is 6.08. The maximum absolute atomic E-state index is 12.1. The van der Waals surface area contributed by atoms with Gasteiger partial charge in [0.25, 0.3) is 5.56 Å². The van der Waals surface area contributed by atoms with Crippen molar-refractivity contribution in [3.63, 3.8) is 0 Å². The van der Waals surface area contributed by atoms with Crippen LogP contribution in [0.3, 0.4) is 0 Å². The molecule has 0 spiro atoms. The molecular formula is C15H11BrN2OS. The van der Waals surface area contributed by atoms with Gasteiger partial charge in [-0.1, -0.05) is 18.2 Å². The maximum atomic E-state index is 12.1. The molecule has 3 nitrogen and oxygen atoms in total. The summed E-state index contributed by atoms with van der Waals surface area (Å²) in [5, 5.41) is 0. The van der Waals surface area contributed by atoms with E-state index >= 15 is 0 Å². The second-order valence-corrected chi connectivity index (χ2v) is 6.23. The van der Waals surface area contributed by atoms with E-state index in [2.05, 4.69) is 33.0 Å². The Morgan fingerprint density at radius 2 is 1.95 bits per heavy atom. The molecule has 0 atom stereocenters. The Kier molecular flexibility index (Phi) is 3.89. The molecule has 0 aliphatic heterocycles. The highest BCUT2D eigenvalue weighted by molar-refractivity contribution is 9.10. The van der Waals surface area contributed by atoms with Crippen LogP contribution < -0.4 is 5.56 Å². The normalized spacial score (nSPS) is 10.8. The molecular weight excluding hydrogens is 336 g/mol. The third kappa shape index (κ3) is 2.94. The molecule has 5 heteroatoms. The average molecular weight is 347 g/mol. The van der Waals surface area contributed by atoms with E-state index in [1.807, 2.05) is 30.3 Å². The summed E-state index contributed by atoms with van der Waals surface area (Å²) in [5.74, 6) is 0.686. The highest BCUT2D eigenvalue weighted by Crippen LogP contribution is 2.21. The standard InChI is InChI=1S/C15H11BrN2OS/c16-11-6-7-14-17-12(8-15(19)18(14)9-11)10-20-13-4-2-1-3-5-13/h1-9H,10H2. The molecule has 100 valence electrons. The van der Waals surface area contributed by atoms with Gasteiger partial charge in [0, 0.05) is 27.4 Å². The first-order valence-corrected chi connectivity index (χ1v) is 7.86. The van der Waals surface area contributed by atoms with E-state index in [1.165, 1.54) is 4.90 Å². The molecule has 2 aromatic heterocycles. The van der Waals surface area contributed by atoms with Crippen molar-refractivity contribution in [3.8, 4) is 0 Å². The summed E-state index contributed by atoms with van der Waals surface area (Å²) in [6.45, 7) is 0. The molecule has 0 saturated carbocycles. The second kappa shape index (κ2) is 5.81. The number of hydrogen-bond donors (Lipinski definition) is 0. The fraction of sp³-hybridized carbons (Fsp3) is 0.0667. The molecule has 0 bridgehead atoms. The Morgan fingerprint density at radius 3 is 2.75 bits per heavy atom. The van der Waals surface area contributed by atoms with E-state index in [-0.39, 0.29) is 5.56 Å². The first kappa shape index (κ1) is 13.4. The fourth-order valence-corrected chi connectivity index (χ4v) is 3.02. The number of hydrogen-bond acceptors (Lipinski definition) is 3. The molecule has 0 aliphatic carbocycles. The average Bonchev–Trinajstić information content (AvgIpc) is 2.47. The van der Waals surface area contributed by atoms with Crippen LogP contribution in [0.2, 0.25) is 0 Å². The van der Waals surface area contributed by atoms with Crippen LogP contribution in [0.15, 0.2) is 68.9 Å². The Bertz CT molecular complexity index is 802. The molecule has 0 aliphatic rings. The Morgan fingerprint density at radius 1 is 1.15 bits per heavy atom. The van der Waals surface area contributed by atoms with Crippen LogP contribution in [0.4, 0.5) is 0 Å². The van der Waals surface area contributed by atoms with E-state index in [9.17, 15) is 4.79 Å². The zero-order valence-electron chi connectivity index (χ0n) is 10.5. The lowest BCUT2D eigenvalue weighted by atomic mass is 10.4. The minimum atomic E-state index is -0.0556. The van der Waals surface area contributed by atoms with Crippen molar-refractivity contribution in [3.05, 3.63) is 75.2 Å². The van der Waals surface area contributed by atoms with Gasteiger partial charge in [0.1, 0.15) is 5.65 Å². The van der Waals surface area contributed by atoms with Gasteiger partial charge in [-0.05, 0) is 40.2 Å². The van der Waals surface area contributed by atoms with Crippen LogP contribution in [0.5, 0.6) is 0 Å². The van der Waals surface area contributed by atoms with Crippen LogP contribution in [-0.2, 0) is 5.75 Å². The van der Waals surface area contributed by atoms with E-state index < -0.39 is 0 Å². The maximum Gasteiger partial charge on any atom is 0.258 e. The molecule has 0 N–H and O–H groups in total. The Balaban J connectivity index is 1.89. The van der Waals surface area contributed by atoms with Gasteiger partial charge < -0.3 is 0 Å². The highest BCUT2D eigenvalue weighted by atomic mass is 79.9. The number of aromatic nitrogens is 2. The molecule has 20 heavy (non-hydrogen) atoms. The molecule has 0 unspecified atom stereocenters. The number of nitrogens with zero attached hydrogens (tertiary/aromatic N) is 2. The van der Waals surface area contributed by atoms with E-state index in [1.54, 1.807) is 28.4 Å². The van der Waals surface area contributed by atoms with Gasteiger partial charge in [-0.25, -0.2) is 4.98 Å². The minimum absolute atomic E-state index is 0.0556. The van der Waals surface area contributed by atoms with Crippen LogP contribution >= 0.6 is 27.7 Å². The van der Waals surface area contributed by atoms with Gasteiger partial charge in [0.05, 0.1) is 5.69 Å². The van der Waals surface area contributed by atoms with Crippen molar-refractivity contribution < 1.29 is 0 Å². The van der Waals surface area contributed by atoms with Crippen molar-refractivity contribution in [1.82, 2.24) is 9.38 Å². The molecule has 0 radical (unpaired) electrons. The Labute approximate surface area is 128 Å². The van der Waals surface area contributed by atoms with Gasteiger partial charge in [-0.2, -0.15) is 0 Å². The SMILES string of the molecule is O=c1cc(CSc2ccccc2)nc2ccc(Br)cn12. The number of pyridine rings is 1. The fourth-order valence-electron chi connectivity index (χ4n) is 1.87. The summed E-state index contributed by atoms with van der Waals surface area (Å²) in [7, 11) is 0. The molecule has 0 amide bonds. The summed E-state index contributed by atoms with van der Waals surface area (Å²) < 4.78 is 2.40. The summed E-state index contributed by atoms with van der Waals surface area (Å²) in [4.78, 5) is 17.7. The van der Waals surface area contributed by atoms with Crippen LogP contribution in [0.25, 0.3) is 5.65 Å². The number of halogens is 1. The van der Waals surface area contributed by atoms with Gasteiger partial charge in [-0.3, -0.25) is 9.20 Å². The van der Waals surface area contributed by atoms with E-state index in [0.29, 0.717) is 11.4 Å². The van der Waals surface area contributed by atoms with Crippen molar-refractivity contribution in [1.29, 1.82) is 0 Å². The van der Waals surface area contributed by atoms with Gasteiger partial charge >= 0.3 is 0 Å². The zero-order valence-corrected chi connectivity index (χ0v) is 12.9. The summed E-state index contributed by atoms with van der Waals surface area (Å²) >= 11 is 5.03. The van der Waals surface area contributed by atoms with E-state index in [4.69, 9.17) is 0 Å². The lowest BCUT2D eigenvalue weighted by molar-refractivity contribution is 1.01. The van der Waals surface area contributed by atoms with Crippen LogP contribution in [0.1, 0.15) is 5.69 Å². The van der Waals surface area contributed by atoms with Crippen molar-refractivity contribution in [2.75, 3.05) is 0 Å². The molecule has 0 saturated heterocycles. The van der Waals surface area contributed by atoms with Crippen molar-refractivity contribution in [2.45, 2.75) is 10.6 Å². The molecule has 0 fully saturated rings. The second-order valence-electron chi connectivity index (χ2n) is 4.26. The minimum Gasteiger partial charge on any atom is -0.269 e. The molecule has 2 heterocycles. The predicted molar refractivity (Wildman–Crippen MR) is 85.2 cm³/mol. The van der Waals surface area contributed by atoms with Crippen LogP contribution in [0, 0.1) is 0 Å². The van der Waals surface area contributed by atoms with Crippen molar-refractivity contribution in [2.24, 2.45) is 0 Å². The summed E-state index contributed by atoms with van der Waals surface area (Å²) in [6.07, 6.45) is 1.73. The van der Waals surface area contributed by atoms with Crippen molar-refractivity contribution >= 4 is 33.3 Å². The smallest absolute Gasteiger partial charge is 0.258 e. The lowest BCUT2D eigenvalue weighted by Gasteiger charge is -2.04. The largest absolute Gasteiger partial charge is 0.269 e. The summed E-state index contributed by atoms with van der Waals surface area (Å²) in [5.41, 5.74) is 1.41. The van der Waals surface area contributed by atoms with Crippen LogP contribution in [-0.4, -0.2) is 9.38 Å². The number of rotatable bonds is 3. The Hall–Kier alpha value is -1.59. The van der Waals surface area contributed by atoms with Gasteiger partial charge in [0.15, 0.2) is 0 Å². The van der Waals surface area contributed by atoms with Gasteiger partial charge in [0.2, 0.25) is 0 Å². The lowest BCUT2D eigenvalue weighted by Crippen LogP contribution is -2.15. The predicted octanol–water partition coefficient (Wildman–Crippen LogP) is 3.75. The zero-order chi connectivity index (χ0) is 13.9. The monoisotopic (exact) mass is 346 g/mol. The molecule has 3 rings (SSSR count). The van der Waals surface area contributed by atoms with E-state index in [0.717, 1.165) is 10.2 Å².